The third kappa shape index (κ3) is 2.50. The number of ether oxygens (including phenoxy) is 1. The number of nitrogens with zero attached hydrogens (tertiary/aromatic N) is 3. The summed E-state index contributed by atoms with van der Waals surface area (Å²) in [6.07, 6.45) is 8.67. The Kier molecular flexibility index (Phi) is 4.10. The van der Waals surface area contributed by atoms with Gasteiger partial charge < -0.3 is 14.4 Å². The van der Waals surface area contributed by atoms with Gasteiger partial charge in [-0.25, -0.2) is 4.98 Å². The van der Waals surface area contributed by atoms with Crippen molar-refractivity contribution in [2.75, 3.05) is 26.3 Å². The van der Waals surface area contributed by atoms with E-state index in [1.54, 1.807) is 6.20 Å². The van der Waals surface area contributed by atoms with E-state index in [9.17, 15) is 5.11 Å². The quantitative estimate of drug-likeness (QED) is 0.892. The van der Waals surface area contributed by atoms with Crippen molar-refractivity contribution in [1.82, 2.24) is 14.5 Å². The van der Waals surface area contributed by atoms with Gasteiger partial charge in [0.15, 0.2) is 0 Å². The van der Waals surface area contributed by atoms with Gasteiger partial charge in [0.25, 0.3) is 0 Å². The lowest BCUT2D eigenvalue weighted by Gasteiger charge is -2.46. The second-order valence-electron chi connectivity index (χ2n) is 6.08. The Labute approximate surface area is 120 Å². The molecule has 5 nitrogen and oxygen atoms in total. The van der Waals surface area contributed by atoms with E-state index in [4.69, 9.17) is 4.74 Å². The molecule has 2 heterocycles. The van der Waals surface area contributed by atoms with Gasteiger partial charge in [-0.1, -0.05) is 12.8 Å². The van der Waals surface area contributed by atoms with E-state index in [0.29, 0.717) is 6.42 Å². The van der Waals surface area contributed by atoms with Crippen molar-refractivity contribution in [1.29, 1.82) is 0 Å². The third-order valence-corrected chi connectivity index (χ3v) is 5.03. The van der Waals surface area contributed by atoms with Crippen LogP contribution >= 0.6 is 0 Å². The van der Waals surface area contributed by atoms with Crippen LogP contribution in [0.2, 0.25) is 0 Å². The van der Waals surface area contributed by atoms with Crippen molar-refractivity contribution in [2.24, 2.45) is 7.05 Å². The van der Waals surface area contributed by atoms with Gasteiger partial charge in [0.05, 0.1) is 19.3 Å². The molecule has 0 bridgehead atoms. The highest BCUT2D eigenvalue weighted by Gasteiger charge is 2.45. The predicted octanol–water partition coefficient (Wildman–Crippen LogP) is 0.968. The highest BCUT2D eigenvalue weighted by Crippen LogP contribution is 2.39. The second kappa shape index (κ2) is 5.84. The van der Waals surface area contributed by atoms with Gasteiger partial charge in [-0.3, -0.25) is 4.90 Å². The molecule has 20 heavy (non-hydrogen) atoms. The van der Waals surface area contributed by atoms with Gasteiger partial charge in [0, 0.05) is 44.5 Å². The average molecular weight is 279 g/mol. The number of aliphatic hydroxyl groups is 1. The molecular formula is C15H25N3O2. The fraction of sp³-hybridized carbons (Fsp3) is 0.800. The number of imidazole rings is 1. The zero-order valence-electron chi connectivity index (χ0n) is 12.3. The van der Waals surface area contributed by atoms with Crippen LogP contribution in [0.4, 0.5) is 0 Å². The van der Waals surface area contributed by atoms with Crippen LogP contribution in [0.15, 0.2) is 12.4 Å². The number of aliphatic hydroxyl groups excluding tert-OH is 1. The van der Waals surface area contributed by atoms with Crippen molar-refractivity contribution >= 4 is 0 Å². The first-order valence-electron chi connectivity index (χ1n) is 7.69. The van der Waals surface area contributed by atoms with Crippen LogP contribution in [-0.2, 0) is 18.2 Å². The monoisotopic (exact) mass is 279 g/mol. The number of rotatable bonds is 4. The lowest BCUT2D eigenvalue weighted by Crippen LogP contribution is -2.59. The van der Waals surface area contributed by atoms with Gasteiger partial charge in [-0.15, -0.1) is 0 Å². The Balaban J connectivity index is 1.77. The fourth-order valence-corrected chi connectivity index (χ4v) is 3.81. The van der Waals surface area contributed by atoms with Crippen LogP contribution in [0.5, 0.6) is 0 Å². The zero-order chi connectivity index (χ0) is 14.0. The SMILES string of the molecule is Cn1ccnc1CC(O)C1(N2CCOCC2)CCCC1. The first kappa shape index (κ1) is 14.0. The molecule has 1 unspecified atom stereocenters. The molecule has 2 aliphatic rings. The molecule has 0 spiro atoms. The van der Waals surface area contributed by atoms with Crippen molar-refractivity contribution in [3.05, 3.63) is 18.2 Å². The number of morpholine rings is 1. The maximum atomic E-state index is 10.9. The standard InChI is InChI=1S/C15H25N3O2/c1-17-7-6-16-14(17)12-13(19)15(4-2-3-5-15)18-8-10-20-11-9-18/h6-7,13,19H,2-5,8-12H2,1H3. The summed E-state index contributed by atoms with van der Waals surface area (Å²) >= 11 is 0. The summed E-state index contributed by atoms with van der Waals surface area (Å²) in [7, 11) is 1.99. The molecule has 1 aliphatic carbocycles. The van der Waals surface area contributed by atoms with E-state index in [0.717, 1.165) is 45.0 Å². The summed E-state index contributed by atoms with van der Waals surface area (Å²) < 4.78 is 7.47. The molecule has 0 radical (unpaired) electrons. The van der Waals surface area contributed by atoms with Crippen molar-refractivity contribution in [3.63, 3.8) is 0 Å². The molecule has 1 saturated heterocycles. The maximum absolute atomic E-state index is 10.9. The van der Waals surface area contributed by atoms with Crippen LogP contribution in [0.25, 0.3) is 0 Å². The van der Waals surface area contributed by atoms with Crippen LogP contribution < -0.4 is 0 Å². The van der Waals surface area contributed by atoms with E-state index >= 15 is 0 Å². The molecule has 1 N–H and O–H groups in total. The van der Waals surface area contributed by atoms with Crippen molar-refractivity contribution in [3.8, 4) is 0 Å². The lowest BCUT2D eigenvalue weighted by molar-refractivity contribution is -0.0760. The van der Waals surface area contributed by atoms with Gasteiger partial charge >= 0.3 is 0 Å². The summed E-state index contributed by atoms with van der Waals surface area (Å²) in [6, 6.07) is 0. The Morgan fingerprint density at radius 1 is 1.35 bits per heavy atom. The minimum absolute atomic E-state index is 0.0598. The lowest BCUT2D eigenvalue weighted by atomic mass is 9.85. The largest absolute Gasteiger partial charge is 0.391 e. The molecule has 0 amide bonds. The first-order chi connectivity index (χ1) is 9.72. The third-order valence-electron chi connectivity index (χ3n) is 5.03. The zero-order valence-corrected chi connectivity index (χ0v) is 12.3. The van der Waals surface area contributed by atoms with E-state index in [1.165, 1.54) is 12.8 Å². The maximum Gasteiger partial charge on any atom is 0.111 e. The molecule has 3 rings (SSSR count). The Morgan fingerprint density at radius 3 is 2.65 bits per heavy atom. The van der Waals surface area contributed by atoms with E-state index in [-0.39, 0.29) is 11.6 Å². The Hall–Kier alpha value is -0.910. The number of aryl methyl sites for hydroxylation is 1. The van der Waals surface area contributed by atoms with Gasteiger partial charge in [0.1, 0.15) is 5.82 Å². The summed E-state index contributed by atoms with van der Waals surface area (Å²) in [5, 5.41) is 10.9. The van der Waals surface area contributed by atoms with Gasteiger partial charge in [-0.05, 0) is 12.8 Å². The Bertz CT molecular complexity index is 434. The molecule has 0 aromatic carbocycles. The first-order valence-corrected chi connectivity index (χ1v) is 7.69. The highest BCUT2D eigenvalue weighted by molar-refractivity contribution is 5.05. The molecule has 1 saturated carbocycles. The minimum atomic E-state index is -0.343. The molecule has 5 heteroatoms. The molecule has 1 aliphatic heterocycles. The van der Waals surface area contributed by atoms with Crippen LogP contribution in [0.3, 0.4) is 0 Å². The van der Waals surface area contributed by atoms with E-state index in [2.05, 4.69) is 9.88 Å². The number of hydrogen-bond acceptors (Lipinski definition) is 4. The van der Waals surface area contributed by atoms with E-state index in [1.807, 2.05) is 17.8 Å². The summed E-state index contributed by atoms with van der Waals surface area (Å²) in [4.78, 5) is 6.83. The smallest absolute Gasteiger partial charge is 0.111 e. The highest BCUT2D eigenvalue weighted by atomic mass is 16.5. The van der Waals surface area contributed by atoms with Gasteiger partial charge in [-0.2, -0.15) is 0 Å². The minimum Gasteiger partial charge on any atom is -0.391 e. The van der Waals surface area contributed by atoms with Crippen molar-refractivity contribution < 1.29 is 9.84 Å². The molecule has 1 aromatic rings. The van der Waals surface area contributed by atoms with Crippen LogP contribution in [0.1, 0.15) is 31.5 Å². The normalized spacial score (nSPS) is 24.9. The van der Waals surface area contributed by atoms with Crippen LogP contribution in [-0.4, -0.2) is 57.5 Å². The predicted molar refractivity (Wildman–Crippen MR) is 76.5 cm³/mol. The van der Waals surface area contributed by atoms with E-state index < -0.39 is 0 Å². The molecule has 112 valence electrons. The number of aromatic nitrogens is 2. The van der Waals surface area contributed by atoms with Crippen molar-refractivity contribution in [2.45, 2.75) is 43.7 Å². The molecule has 1 aromatic heterocycles. The molecule has 2 fully saturated rings. The summed E-state index contributed by atoms with van der Waals surface area (Å²) in [5.74, 6) is 0.969. The Morgan fingerprint density at radius 2 is 2.05 bits per heavy atom. The van der Waals surface area contributed by atoms with Gasteiger partial charge in [0.2, 0.25) is 0 Å². The fourth-order valence-electron chi connectivity index (χ4n) is 3.81. The summed E-state index contributed by atoms with van der Waals surface area (Å²) in [6.45, 7) is 3.46. The second-order valence-corrected chi connectivity index (χ2v) is 6.08. The van der Waals surface area contributed by atoms with Crippen LogP contribution in [0, 0.1) is 0 Å². The molecule has 1 atom stereocenters. The topological polar surface area (TPSA) is 50.5 Å². The number of hydrogen-bond donors (Lipinski definition) is 1. The molecular weight excluding hydrogens is 254 g/mol. The average Bonchev–Trinajstić information content (AvgIpc) is 3.11. The summed E-state index contributed by atoms with van der Waals surface area (Å²) in [5.41, 5.74) is -0.0598.